The summed E-state index contributed by atoms with van der Waals surface area (Å²) in [6.07, 6.45) is 3.40. The summed E-state index contributed by atoms with van der Waals surface area (Å²) in [4.78, 5) is 25.4. The molecule has 2 N–H and O–H groups in total. The lowest BCUT2D eigenvalue weighted by Gasteiger charge is -2.42. The van der Waals surface area contributed by atoms with Gasteiger partial charge in [0.15, 0.2) is 0 Å². The molecule has 1 fully saturated rings. The minimum atomic E-state index is -0.946. The van der Waals surface area contributed by atoms with E-state index >= 15 is 0 Å². The number of rotatable bonds is 2. The Kier molecular flexibility index (Phi) is 3.35. The first-order valence-corrected chi connectivity index (χ1v) is 7.37. The third-order valence-electron chi connectivity index (χ3n) is 4.66. The van der Waals surface area contributed by atoms with Crippen LogP contribution in [0.3, 0.4) is 0 Å². The Labute approximate surface area is 123 Å². The van der Waals surface area contributed by atoms with Gasteiger partial charge in [-0.3, -0.25) is 0 Å². The molecule has 21 heavy (non-hydrogen) atoms. The number of urea groups is 1. The van der Waals surface area contributed by atoms with Gasteiger partial charge in [0.1, 0.15) is 6.04 Å². The molecule has 0 radical (unpaired) electrons. The maximum Gasteiger partial charge on any atom is 0.326 e. The zero-order valence-electron chi connectivity index (χ0n) is 12.1. The summed E-state index contributed by atoms with van der Waals surface area (Å²) in [5.41, 5.74) is 1.88. The zero-order chi connectivity index (χ0) is 15.0. The minimum Gasteiger partial charge on any atom is -0.480 e. The van der Waals surface area contributed by atoms with E-state index in [9.17, 15) is 14.7 Å². The molecule has 0 bridgehead atoms. The van der Waals surface area contributed by atoms with Crippen molar-refractivity contribution in [2.75, 3.05) is 0 Å². The van der Waals surface area contributed by atoms with E-state index in [0.717, 1.165) is 30.4 Å². The molecule has 0 aromatic heterocycles. The van der Waals surface area contributed by atoms with Crippen LogP contribution in [-0.4, -0.2) is 33.6 Å². The van der Waals surface area contributed by atoms with Crippen LogP contribution >= 0.6 is 0 Å². The van der Waals surface area contributed by atoms with Crippen LogP contribution in [0.15, 0.2) is 24.3 Å². The largest absolute Gasteiger partial charge is 0.480 e. The molecule has 2 aliphatic rings. The molecule has 1 aromatic carbocycles. The Morgan fingerprint density at radius 2 is 1.95 bits per heavy atom. The average Bonchev–Trinajstić information content (AvgIpc) is 2.44. The van der Waals surface area contributed by atoms with Crippen LogP contribution in [0.25, 0.3) is 0 Å². The van der Waals surface area contributed by atoms with Crippen LogP contribution < -0.4 is 5.32 Å². The Hall–Kier alpha value is -2.04. The first kappa shape index (κ1) is 13.9. The number of carboxylic acids is 1. The molecule has 1 atom stereocenters. The number of benzene rings is 1. The normalized spacial score (nSPS) is 22.9. The van der Waals surface area contributed by atoms with Crippen molar-refractivity contribution in [1.82, 2.24) is 10.2 Å². The van der Waals surface area contributed by atoms with Crippen LogP contribution in [-0.2, 0) is 17.8 Å². The van der Waals surface area contributed by atoms with E-state index in [4.69, 9.17) is 0 Å². The second-order valence-electron chi connectivity index (χ2n) is 6.30. The van der Waals surface area contributed by atoms with Gasteiger partial charge in [-0.05, 0) is 37.3 Å². The van der Waals surface area contributed by atoms with Crippen molar-refractivity contribution in [2.45, 2.75) is 50.7 Å². The molecule has 1 heterocycles. The molecule has 0 spiro atoms. The van der Waals surface area contributed by atoms with Crippen molar-refractivity contribution < 1.29 is 14.7 Å². The number of hydrogen-bond acceptors (Lipinski definition) is 2. The lowest BCUT2D eigenvalue weighted by Crippen LogP contribution is -2.59. The highest BCUT2D eigenvalue weighted by Gasteiger charge is 2.39. The predicted octanol–water partition coefficient (Wildman–Crippen LogP) is 2.15. The summed E-state index contributed by atoms with van der Waals surface area (Å²) < 4.78 is 0. The second-order valence-corrected chi connectivity index (χ2v) is 6.30. The molecular formula is C16H20N2O3. The molecule has 1 aliphatic heterocycles. The molecule has 0 saturated heterocycles. The van der Waals surface area contributed by atoms with Crippen molar-refractivity contribution in [1.29, 1.82) is 0 Å². The number of hydrogen-bond donors (Lipinski definition) is 2. The Bertz CT molecular complexity index is 581. The summed E-state index contributed by atoms with van der Waals surface area (Å²) >= 11 is 0. The van der Waals surface area contributed by atoms with Crippen molar-refractivity contribution in [3.63, 3.8) is 0 Å². The summed E-state index contributed by atoms with van der Waals surface area (Å²) in [7, 11) is 0. The summed E-state index contributed by atoms with van der Waals surface area (Å²) in [6.45, 7) is 2.37. The van der Waals surface area contributed by atoms with Crippen LogP contribution in [0.4, 0.5) is 4.79 Å². The third kappa shape index (κ3) is 2.60. The second kappa shape index (κ2) is 5.06. The molecule has 1 aromatic rings. The molecule has 112 valence electrons. The SMILES string of the molecule is CC1(NC(=O)N2Cc3ccccc3CC2C(=O)O)CCC1. The molecule has 5 nitrogen and oxygen atoms in total. The zero-order valence-corrected chi connectivity index (χ0v) is 12.1. The number of fused-ring (bicyclic) bond motifs is 1. The minimum absolute atomic E-state index is 0.170. The number of amides is 2. The summed E-state index contributed by atoms with van der Waals surface area (Å²) in [5, 5.41) is 12.4. The standard InChI is InChI=1S/C16H20N2O3/c1-16(7-4-8-16)17-15(21)18-10-12-6-3-2-5-11(12)9-13(18)14(19)20/h2-3,5-6,13H,4,7-10H2,1H3,(H,17,21)(H,19,20). The van der Waals surface area contributed by atoms with Gasteiger partial charge in [-0.2, -0.15) is 0 Å². The van der Waals surface area contributed by atoms with E-state index in [2.05, 4.69) is 5.32 Å². The molecule has 1 unspecified atom stereocenters. The van der Waals surface area contributed by atoms with E-state index in [-0.39, 0.29) is 11.6 Å². The quantitative estimate of drug-likeness (QED) is 0.876. The highest BCUT2D eigenvalue weighted by molar-refractivity contribution is 5.84. The van der Waals surface area contributed by atoms with Crippen molar-refractivity contribution in [3.05, 3.63) is 35.4 Å². The van der Waals surface area contributed by atoms with E-state index in [1.807, 2.05) is 31.2 Å². The monoisotopic (exact) mass is 288 g/mol. The van der Waals surface area contributed by atoms with Crippen molar-refractivity contribution >= 4 is 12.0 Å². The van der Waals surface area contributed by atoms with E-state index in [1.165, 1.54) is 4.90 Å². The van der Waals surface area contributed by atoms with Crippen LogP contribution in [0.1, 0.15) is 37.3 Å². The van der Waals surface area contributed by atoms with Gasteiger partial charge in [0.25, 0.3) is 0 Å². The Morgan fingerprint density at radius 1 is 1.29 bits per heavy atom. The van der Waals surface area contributed by atoms with Crippen molar-refractivity contribution in [2.24, 2.45) is 0 Å². The summed E-state index contributed by atoms with van der Waals surface area (Å²) in [6, 6.07) is 6.67. The van der Waals surface area contributed by atoms with Crippen LogP contribution in [0.2, 0.25) is 0 Å². The van der Waals surface area contributed by atoms with Gasteiger partial charge in [-0.15, -0.1) is 0 Å². The first-order chi connectivity index (χ1) is 9.98. The van der Waals surface area contributed by atoms with Gasteiger partial charge >= 0.3 is 12.0 Å². The molecule has 5 heteroatoms. The van der Waals surface area contributed by atoms with E-state index in [0.29, 0.717) is 13.0 Å². The van der Waals surface area contributed by atoms with Gasteiger partial charge in [0.2, 0.25) is 0 Å². The molecule has 2 amide bonds. The smallest absolute Gasteiger partial charge is 0.326 e. The number of aliphatic carboxylic acids is 1. The number of carbonyl (C=O) groups excluding carboxylic acids is 1. The molecule has 3 rings (SSSR count). The predicted molar refractivity (Wildman–Crippen MR) is 77.9 cm³/mol. The number of nitrogens with one attached hydrogen (secondary N) is 1. The fraction of sp³-hybridized carbons (Fsp3) is 0.500. The number of nitrogens with zero attached hydrogens (tertiary/aromatic N) is 1. The Balaban J connectivity index is 1.82. The highest BCUT2D eigenvalue weighted by atomic mass is 16.4. The number of carboxylic acid groups (broad SMARTS) is 1. The van der Waals surface area contributed by atoms with E-state index < -0.39 is 12.0 Å². The van der Waals surface area contributed by atoms with Gasteiger partial charge in [0.05, 0.1) is 0 Å². The topological polar surface area (TPSA) is 69.6 Å². The molecular weight excluding hydrogens is 268 g/mol. The van der Waals surface area contributed by atoms with Gasteiger partial charge < -0.3 is 15.3 Å². The average molecular weight is 288 g/mol. The van der Waals surface area contributed by atoms with Gasteiger partial charge in [0, 0.05) is 18.5 Å². The molecule has 1 aliphatic carbocycles. The fourth-order valence-corrected chi connectivity index (χ4v) is 3.12. The van der Waals surface area contributed by atoms with Crippen LogP contribution in [0.5, 0.6) is 0 Å². The lowest BCUT2D eigenvalue weighted by molar-refractivity contribution is -0.142. The van der Waals surface area contributed by atoms with Crippen LogP contribution in [0, 0.1) is 0 Å². The first-order valence-electron chi connectivity index (χ1n) is 7.37. The van der Waals surface area contributed by atoms with Gasteiger partial charge in [-0.25, -0.2) is 9.59 Å². The van der Waals surface area contributed by atoms with E-state index in [1.54, 1.807) is 0 Å². The highest BCUT2D eigenvalue weighted by Crippen LogP contribution is 2.32. The summed E-state index contributed by atoms with van der Waals surface area (Å²) in [5.74, 6) is -0.946. The molecule has 1 saturated carbocycles. The maximum absolute atomic E-state index is 12.5. The fourth-order valence-electron chi connectivity index (χ4n) is 3.12. The maximum atomic E-state index is 12.5. The third-order valence-corrected chi connectivity index (χ3v) is 4.66. The lowest BCUT2D eigenvalue weighted by atomic mass is 9.78. The van der Waals surface area contributed by atoms with Gasteiger partial charge in [-0.1, -0.05) is 24.3 Å². The Morgan fingerprint density at radius 3 is 2.52 bits per heavy atom. The van der Waals surface area contributed by atoms with Crippen molar-refractivity contribution in [3.8, 4) is 0 Å². The number of carbonyl (C=O) groups is 2.